The highest BCUT2D eigenvalue weighted by Crippen LogP contribution is 2.32. The van der Waals surface area contributed by atoms with Gasteiger partial charge >= 0.3 is 0 Å². The predicted octanol–water partition coefficient (Wildman–Crippen LogP) is 4.98. The average Bonchev–Trinajstić information content (AvgIpc) is 3.44. The van der Waals surface area contributed by atoms with Crippen LogP contribution in [0.3, 0.4) is 0 Å². The highest BCUT2D eigenvalue weighted by molar-refractivity contribution is 7.13. The van der Waals surface area contributed by atoms with Gasteiger partial charge in [-0.3, -0.25) is 0 Å². The highest BCUT2D eigenvalue weighted by Gasteiger charge is 2.12. The van der Waals surface area contributed by atoms with Crippen LogP contribution in [0.2, 0.25) is 0 Å². The summed E-state index contributed by atoms with van der Waals surface area (Å²) in [6.07, 6.45) is 7.47. The molecule has 2 N–H and O–H groups in total. The summed E-state index contributed by atoms with van der Waals surface area (Å²) in [5.41, 5.74) is 5.18. The van der Waals surface area contributed by atoms with E-state index < -0.39 is 0 Å². The maximum absolute atomic E-state index is 4.79. The average molecular weight is 386 g/mol. The molecule has 4 heterocycles. The van der Waals surface area contributed by atoms with Gasteiger partial charge in [-0.25, -0.2) is 9.97 Å². The van der Waals surface area contributed by atoms with Crippen LogP contribution < -0.4 is 5.32 Å². The summed E-state index contributed by atoms with van der Waals surface area (Å²) in [5, 5.41) is 6.50. The van der Waals surface area contributed by atoms with E-state index in [4.69, 9.17) is 4.98 Å². The molecule has 0 radical (unpaired) electrons. The van der Waals surface area contributed by atoms with Crippen LogP contribution in [-0.2, 0) is 6.54 Å². The minimum absolute atomic E-state index is 0.582. The van der Waals surface area contributed by atoms with Crippen molar-refractivity contribution in [2.75, 3.05) is 5.32 Å². The third-order valence-electron chi connectivity index (χ3n) is 4.51. The molecule has 28 heavy (non-hydrogen) atoms. The molecule has 0 unspecified atom stereocenters. The van der Waals surface area contributed by atoms with Gasteiger partial charge < -0.3 is 14.9 Å². The Morgan fingerprint density at radius 3 is 2.79 bits per heavy atom. The van der Waals surface area contributed by atoms with Crippen LogP contribution in [0.1, 0.15) is 11.1 Å². The van der Waals surface area contributed by atoms with Gasteiger partial charge in [0, 0.05) is 36.2 Å². The second-order valence-electron chi connectivity index (χ2n) is 6.68. The molecular weight excluding hydrogens is 368 g/mol. The molecule has 0 aliphatic carbocycles. The molecule has 7 heteroatoms. The molecular formula is C21H18N6S. The molecule has 0 saturated heterocycles. The molecule has 0 aliphatic rings. The number of aromatic amines is 1. The van der Waals surface area contributed by atoms with E-state index in [0.717, 1.165) is 33.8 Å². The number of imidazole rings is 1. The normalized spacial score (nSPS) is 11.2. The van der Waals surface area contributed by atoms with Gasteiger partial charge in [-0.2, -0.15) is 4.98 Å². The number of thiophene rings is 1. The molecule has 0 aliphatic heterocycles. The van der Waals surface area contributed by atoms with Gasteiger partial charge in [0.05, 0.1) is 16.9 Å². The monoisotopic (exact) mass is 386 g/mol. The Labute approximate surface area is 165 Å². The largest absolute Gasteiger partial charge is 0.346 e. The number of hydrogen-bond donors (Lipinski definition) is 2. The number of fused-ring (bicyclic) bond motifs is 1. The standard InChI is InChI=1S/C21H18N6S/c1-14-10-18(28-12-14)19-17-6-7-23-20(17)26-21(25-19)24-16-4-2-15(3-5-16)11-27-9-8-22-13-27/h2-10,12-13H,11H2,1H3,(H2,23,24,25,26). The van der Waals surface area contributed by atoms with E-state index in [1.54, 1.807) is 17.5 Å². The zero-order valence-electron chi connectivity index (χ0n) is 15.3. The van der Waals surface area contributed by atoms with E-state index in [0.29, 0.717) is 5.95 Å². The molecule has 6 nitrogen and oxygen atoms in total. The third kappa shape index (κ3) is 3.27. The minimum Gasteiger partial charge on any atom is -0.346 e. The van der Waals surface area contributed by atoms with E-state index in [9.17, 15) is 0 Å². The number of anilines is 2. The quantitative estimate of drug-likeness (QED) is 0.447. The first kappa shape index (κ1) is 16.7. The first-order valence-corrected chi connectivity index (χ1v) is 9.85. The molecule has 0 fully saturated rings. The number of nitrogens with zero attached hydrogens (tertiary/aromatic N) is 4. The topological polar surface area (TPSA) is 71.4 Å². The van der Waals surface area contributed by atoms with Crippen LogP contribution in [0.15, 0.2) is 66.7 Å². The van der Waals surface area contributed by atoms with E-state index in [1.165, 1.54) is 11.1 Å². The highest BCUT2D eigenvalue weighted by atomic mass is 32.1. The van der Waals surface area contributed by atoms with Crippen molar-refractivity contribution >= 4 is 34.0 Å². The predicted molar refractivity (Wildman–Crippen MR) is 113 cm³/mol. The fourth-order valence-corrected chi connectivity index (χ4v) is 4.06. The second-order valence-corrected chi connectivity index (χ2v) is 7.59. The minimum atomic E-state index is 0.582. The van der Waals surface area contributed by atoms with Crippen molar-refractivity contribution in [3.05, 3.63) is 77.8 Å². The molecule has 0 amide bonds. The van der Waals surface area contributed by atoms with Crippen LogP contribution in [0, 0.1) is 6.92 Å². The van der Waals surface area contributed by atoms with Crippen LogP contribution in [0.25, 0.3) is 21.6 Å². The van der Waals surface area contributed by atoms with Gasteiger partial charge in [0.1, 0.15) is 5.65 Å². The zero-order chi connectivity index (χ0) is 18.9. The van der Waals surface area contributed by atoms with Crippen molar-refractivity contribution in [1.82, 2.24) is 24.5 Å². The number of hydrogen-bond acceptors (Lipinski definition) is 5. The SMILES string of the molecule is Cc1csc(-c2nc(Nc3ccc(Cn4ccnc4)cc3)nc3[nH]ccc23)c1. The summed E-state index contributed by atoms with van der Waals surface area (Å²) >= 11 is 1.70. The van der Waals surface area contributed by atoms with Gasteiger partial charge in [-0.15, -0.1) is 11.3 Å². The third-order valence-corrected chi connectivity index (χ3v) is 5.57. The smallest absolute Gasteiger partial charge is 0.229 e. The lowest BCUT2D eigenvalue weighted by Gasteiger charge is -2.09. The van der Waals surface area contributed by atoms with Crippen molar-refractivity contribution in [1.29, 1.82) is 0 Å². The van der Waals surface area contributed by atoms with Crippen molar-refractivity contribution in [3.8, 4) is 10.6 Å². The molecule has 0 spiro atoms. The zero-order valence-corrected chi connectivity index (χ0v) is 16.1. The van der Waals surface area contributed by atoms with Crippen LogP contribution in [0.5, 0.6) is 0 Å². The van der Waals surface area contributed by atoms with Gasteiger partial charge in [0.15, 0.2) is 0 Å². The molecule has 0 bridgehead atoms. The summed E-state index contributed by atoms with van der Waals surface area (Å²) in [7, 11) is 0. The Morgan fingerprint density at radius 2 is 2.04 bits per heavy atom. The summed E-state index contributed by atoms with van der Waals surface area (Å²) in [4.78, 5) is 17.8. The second kappa shape index (κ2) is 6.94. The Hall–Kier alpha value is -3.45. The summed E-state index contributed by atoms with van der Waals surface area (Å²) < 4.78 is 2.04. The number of nitrogens with one attached hydrogen (secondary N) is 2. The number of aryl methyl sites for hydroxylation is 1. The fourth-order valence-electron chi connectivity index (χ4n) is 3.15. The summed E-state index contributed by atoms with van der Waals surface area (Å²) in [6, 6.07) is 12.5. The van der Waals surface area contributed by atoms with E-state index in [2.05, 4.69) is 50.8 Å². The van der Waals surface area contributed by atoms with Gasteiger partial charge in [0.2, 0.25) is 5.95 Å². The fraction of sp³-hybridized carbons (Fsp3) is 0.0952. The number of H-pyrrole nitrogens is 1. The first-order chi connectivity index (χ1) is 13.7. The van der Waals surface area contributed by atoms with Gasteiger partial charge in [0.25, 0.3) is 0 Å². The molecule has 4 aromatic heterocycles. The Kier molecular flexibility index (Phi) is 4.14. The van der Waals surface area contributed by atoms with E-state index in [-0.39, 0.29) is 0 Å². The van der Waals surface area contributed by atoms with Crippen LogP contribution in [0.4, 0.5) is 11.6 Å². The molecule has 5 rings (SSSR count). The number of benzene rings is 1. The maximum Gasteiger partial charge on any atom is 0.229 e. The Morgan fingerprint density at radius 1 is 1.14 bits per heavy atom. The molecule has 0 atom stereocenters. The lowest BCUT2D eigenvalue weighted by atomic mass is 10.2. The Balaban J connectivity index is 1.43. The molecule has 0 saturated carbocycles. The van der Waals surface area contributed by atoms with Crippen LogP contribution in [-0.4, -0.2) is 24.5 Å². The van der Waals surface area contributed by atoms with Gasteiger partial charge in [-0.1, -0.05) is 12.1 Å². The number of aromatic nitrogens is 5. The van der Waals surface area contributed by atoms with Crippen LogP contribution >= 0.6 is 11.3 Å². The van der Waals surface area contributed by atoms with E-state index >= 15 is 0 Å². The maximum atomic E-state index is 4.79. The summed E-state index contributed by atoms with van der Waals surface area (Å²) in [6.45, 7) is 2.90. The van der Waals surface area contributed by atoms with Crippen molar-refractivity contribution in [3.63, 3.8) is 0 Å². The molecule has 1 aromatic carbocycles. The lowest BCUT2D eigenvalue weighted by molar-refractivity contribution is 0.797. The summed E-state index contributed by atoms with van der Waals surface area (Å²) in [5.74, 6) is 0.582. The first-order valence-electron chi connectivity index (χ1n) is 8.97. The number of rotatable bonds is 5. The molecule has 138 valence electrons. The van der Waals surface area contributed by atoms with Crippen molar-refractivity contribution in [2.24, 2.45) is 0 Å². The van der Waals surface area contributed by atoms with E-state index in [1.807, 2.05) is 41.5 Å². The lowest BCUT2D eigenvalue weighted by Crippen LogP contribution is -2.00. The van der Waals surface area contributed by atoms with Gasteiger partial charge in [-0.05, 0) is 47.7 Å². The van der Waals surface area contributed by atoms with Crippen molar-refractivity contribution in [2.45, 2.75) is 13.5 Å². The molecule has 5 aromatic rings. The Bertz CT molecular complexity index is 1220. The van der Waals surface area contributed by atoms with Crippen molar-refractivity contribution < 1.29 is 0 Å².